The first-order valence-electron chi connectivity index (χ1n) is 11.6. The van der Waals surface area contributed by atoms with Crippen molar-refractivity contribution in [1.29, 1.82) is 0 Å². The highest BCUT2D eigenvalue weighted by Gasteiger charge is 2.26. The van der Waals surface area contributed by atoms with E-state index in [0.717, 1.165) is 23.0 Å². The number of carbonyl (C=O) groups is 1. The molecule has 3 aromatic rings. The van der Waals surface area contributed by atoms with Crippen LogP contribution in [0, 0.1) is 11.6 Å². The van der Waals surface area contributed by atoms with Crippen molar-refractivity contribution in [3.63, 3.8) is 0 Å². The van der Waals surface area contributed by atoms with Gasteiger partial charge in [-0.1, -0.05) is 6.07 Å². The summed E-state index contributed by atoms with van der Waals surface area (Å²) in [6.45, 7) is -0.323. The fourth-order valence-corrected chi connectivity index (χ4v) is 4.42. The minimum atomic E-state index is -3.39. The molecule has 1 fully saturated rings. The molecule has 0 saturated carbocycles. The molecule has 2 unspecified atom stereocenters. The van der Waals surface area contributed by atoms with Crippen LogP contribution in [0.2, 0.25) is 0 Å². The number of methoxy groups -OCH3 is 1. The van der Waals surface area contributed by atoms with E-state index in [-0.39, 0.29) is 55.4 Å². The second-order valence-corrected chi connectivity index (χ2v) is 10.6. The van der Waals surface area contributed by atoms with Gasteiger partial charge >= 0.3 is 0 Å². The van der Waals surface area contributed by atoms with Gasteiger partial charge in [0.15, 0.2) is 23.1 Å². The number of amides is 1. The molecule has 0 spiro atoms. The van der Waals surface area contributed by atoms with E-state index >= 15 is 0 Å². The summed E-state index contributed by atoms with van der Waals surface area (Å²) in [5.74, 6) is -3.33. The number of sulfonamides is 1. The molecule has 12 nitrogen and oxygen atoms in total. The molecule has 2 aromatic carbocycles. The van der Waals surface area contributed by atoms with E-state index in [0.29, 0.717) is 5.56 Å². The number of primary amides is 1. The number of carbonyl (C=O) groups excluding carboxylic acids is 1. The van der Waals surface area contributed by atoms with E-state index in [1.807, 2.05) is 0 Å². The summed E-state index contributed by atoms with van der Waals surface area (Å²) in [5, 5.41) is -0.235. The predicted octanol–water partition coefficient (Wildman–Crippen LogP) is 0.543. The largest absolute Gasteiger partial charge is 0.494 e. The summed E-state index contributed by atoms with van der Waals surface area (Å²) in [5.41, 5.74) is 5.03. The topological polar surface area (TPSA) is 161 Å². The standard InChI is InChI=1S/C24H26F2N4O8S/c1-35-19-7-13(3-4-16(19)25)9-30-23(22(27)31)29-18-6-5-17(26)21(20(18)24(30)32)38-12-15-11-36-14(10-37-15)8-28-39(2,33)34/h3-7,14-15,28H,8-12H2,1-2H3,(H2,27,31). The van der Waals surface area contributed by atoms with Crippen LogP contribution in [0.15, 0.2) is 35.1 Å². The molecule has 1 amide bonds. The van der Waals surface area contributed by atoms with Gasteiger partial charge in [-0.15, -0.1) is 0 Å². The third-order valence-electron chi connectivity index (χ3n) is 5.83. The van der Waals surface area contributed by atoms with Gasteiger partial charge in [0.2, 0.25) is 15.8 Å². The monoisotopic (exact) mass is 568 g/mol. The van der Waals surface area contributed by atoms with Crippen molar-refractivity contribution in [2.24, 2.45) is 5.73 Å². The molecule has 210 valence electrons. The highest BCUT2D eigenvalue weighted by atomic mass is 32.2. The van der Waals surface area contributed by atoms with Crippen LogP contribution in [-0.2, 0) is 26.0 Å². The van der Waals surface area contributed by atoms with Gasteiger partial charge in [0.1, 0.15) is 18.1 Å². The SMILES string of the molecule is COc1cc(Cn2c(C(N)=O)nc3ccc(F)c(OCC4COC(CNS(C)(=O)=O)CO4)c3c2=O)ccc1F. The first-order valence-corrected chi connectivity index (χ1v) is 13.5. The van der Waals surface area contributed by atoms with E-state index in [1.54, 1.807) is 0 Å². The maximum atomic E-state index is 14.9. The van der Waals surface area contributed by atoms with Crippen LogP contribution in [-0.4, -0.2) is 75.8 Å². The molecular weight excluding hydrogens is 542 g/mol. The van der Waals surface area contributed by atoms with Crippen LogP contribution in [0.25, 0.3) is 10.9 Å². The smallest absolute Gasteiger partial charge is 0.284 e. The number of benzene rings is 2. The van der Waals surface area contributed by atoms with E-state index in [9.17, 15) is 26.8 Å². The lowest BCUT2D eigenvalue weighted by atomic mass is 10.1. The van der Waals surface area contributed by atoms with Crippen molar-refractivity contribution in [3.05, 3.63) is 63.7 Å². The molecule has 3 N–H and O–H groups in total. The second-order valence-electron chi connectivity index (χ2n) is 8.77. The molecule has 1 saturated heterocycles. The molecule has 0 aliphatic carbocycles. The number of ether oxygens (including phenoxy) is 4. The lowest BCUT2D eigenvalue weighted by Gasteiger charge is -2.29. The molecule has 1 aliphatic rings. The minimum Gasteiger partial charge on any atom is -0.494 e. The Hall–Kier alpha value is -3.66. The first-order chi connectivity index (χ1) is 18.5. The molecule has 1 aromatic heterocycles. The van der Waals surface area contributed by atoms with E-state index in [1.165, 1.54) is 25.3 Å². The molecule has 2 atom stereocenters. The summed E-state index contributed by atoms with van der Waals surface area (Å²) < 4.78 is 76.4. The second kappa shape index (κ2) is 11.6. The Balaban J connectivity index is 1.60. The summed E-state index contributed by atoms with van der Waals surface area (Å²) in [4.78, 5) is 29.9. The maximum absolute atomic E-state index is 14.9. The van der Waals surface area contributed by atoms with Crippen LogP contribution >= 0.6 is 0 Å². The van der Waals surface area contributed by atoms with Crippen LogP contribution in [0.3, 0.4) is 0 Å². The Bertz CT molecular complexity index is 1560. The Kier molecular flexibility index (Phi) is 8.44. The van der Waals surface area contributed by atoms with E-state index < -0.39 is 51.1 Å². The van der Waals surface area contributed by atoms with Crippen LogP contribution in [0.4, 0.5) is 8.78 Å². The molecule has 0 bridgehead atoms. The number of fused-ring (bicyclic) bond motifs is 1. The maximum Gasteiger partial charge on any atom is 0.284 e. The summed E-state index contributed by atoms with van der Waals surface area (Å²) in [7, 11) is -2.11. The average molecular weight is 569 g/mol. The molecule has 15 heteroatoms. The normalized spacial score (nSPS) is 17.7. The van der Waals surface area contributed by atoms with Crippen LogP contribution in [0.1, 0.15) is 16.2 Å². The zero-order valence-corrected chi connectivity index (χ0v) is 21.8. The van der Waals surface area contributed by atoms with Gasteiger partial charge in [0, 0.05) is 6.54 Å². The fourth-order valence-electron chi connectivity index (χ4n) is 3.93. The Labute approximate surface area is 221 Å². The molecule has 0 radical (unpaired) electrons. The number of nitrogens with two attached hydrogens (primary N) is 1. The van der Waals surface area contributed by atoms with Gasteiger partial charge in [-0.3, -0.25) is 14.2 Å². The van der Waals surface area contributed by atoms with Crippen molar-refractivity contribution >= 4 is 26.8 Å². The molecule has 4 rings (SSSR count). The predicted molar refractivity (Wildman–Crippen MR) is 134 cm³/mol. The van der Waals surface area contributed by atoms with Crippen molar-refractivity contribution in [2.45, 2.75) is 18.8 Å². The summed E-state index contributed by atoms with van der Waals surface area (Å²) >= 11 is 0. The molecule has 1 aliphatic heterocycles. The quantitative estimate of drug-likeness (QED) is 0.356. The van der Waals surface area contributed by atoms with Crippen LogP contribution < -0.4 is 25.5 Å². The summed E-state index contributed by atoms with van der Waals surface area (Å²) in [6.07, 6.45) is -0.127. The number of hydrogen-bond acceptors (Lipinski definition) is 9. The lowest BCUT2D eigenvalue weighted by Crippen LogP contribution is -2.44. The van der Waals surface area contributed by atoms with Crippen molar-refractivity contribution < 1.29 is 40.9 Å². The number of nitrogens with one attached hydrogen (secondary N) is 1. The third kappa shape index (κ3) is 6.68. The third-order valence-corrected chi connectivity index (χ3v) is 6.52. The minimum absolute atomic E-state index is 0.0223. The highest BCUT2D eigenvalue weighted by Crippen LogP contribution is 2.27. The van der Waals surface area contributed by atoms with Gasteiger partial charge < -0.3 is 24.7 Å². The molecule has 2 heterocycles. The zero-order valence-electron chi connectivity index (χ0n) is 21.0. The number of hydrogen-bond donors (Lipinski definition) is 2. The Morgan fingerprint density at radius 1 is 1.18 bits per heavy atom. The van der Waals surface area contributed by atoms with Gasteiger partial charge in [-0.2, -0.15) is 0 Å². The lowest BCUT2D eigenvalue weighted by molar-refractivity contribution is -0.139. The first kappa shape index (κ1) is 28.4. The Morgan fingerprint density at radius 3 is 2.51 bits per heavy atom. The number of aromatic nitrogens is 2. The highest BCUT2D eigenvalue weighted by molar-refractivity contribution is 7.88. The van der Waals surface area contributed by atoms with Crippen LogP contribution in [0.5, 0.6) is 11.5 Å². The van der Waals surface area contributed by atoms with E-state index in [4.69, 9.17) is 24.7 Å². The average Bonchev–Trinajstić information content (AvgIpc) is 2.89. The number of nitrogens with zero attached hydrogens (tertiary/aromatic N) is 2. The van der Waals surface area contributed by atoms with Crippen molar-refractivity contribution in [3.8, 4) is 11.5 Å². The van der Waals surface area contributed by atoms with Crippen molar-refractivity contribution in [2.75, 3.05) is 39.7 Å². The van der Waals surface area contributed by atoms with Gasteiger partial charge in [0.05, 0.1) is 44.7 Å². The number of halogens is 2. The van der Waals surface area contributed by atoms with Gasteiger partial charge in [-0.25, -0.2) is 26.9 Å². The van der Waals surface area contributed by atoms with Gasteiger partial charge in [-0.05, 0) is 29.8 Å². The molecular formula is C24H26F2N4O8S. The zero-order chi connectivity index (χ0) is 28.3. The Morgan fingerprint density at radius 2 is 1.87 bits per heavy atom. The molecule has 39 heavy (non-hydrogen) atoms. The fraction of sp³-hybridized carbons (Fsp3) is 0.375. The van der Waals surface area contributed by atoms with Crippen molar-refractivity contribution in [1.82, 2.24) is 14.3 Å². The number of rotatable bonds is 10. The van der Waals surface area contributed by atoms with Gasteiger partial charge in [0.25, 0.3) is 11.5 Å². The van der Waals surface area contributed by atoms with E-state index in [2.05, 4.69) is 9.71 Å². The summed E-state index contributed by atoms with van der Waals surface area (Å²) in [6, 6.07) is 6.13.